The fraction of sp³-hybridized carbons (Fsp3) is 0.200. The molecule has 7 heteroatoms. The monoisotopic (exact) mass is 297 g/mol. The van der Waals surface area contributed by atoms with Crippen LogP contribution < -0.4 is 10.1 Å². The number of nitrogens with one attached hydrogen (secondary N) is 1. The second kappa shape index (κ2) is 6.66. The zero-order valence-electron chi connectivity index (χ0n) is 12.1. The van der Waals surface area contributed by atoms with Crippen LogP contribution >= 0.6 is 0 Å². The van der Waals surface area contributed by atoms with Gasteiger partial charge in [0.05, 0.1) is 13.2 Å². The van der Waals surface area contributed by atoms with Gasteiger partial charge in [-0.15, -0.1) is 0 Å². The number of hydrogen-bond donors (Lipinski definition) is 1. The highest BCUT2D eigenvalue weighted by molar-refractivity contribution is 5.57. The number of anilines is 1. The number of nitrogens with zero attached hydrogens (tertiary/aromatic N) is 4. The molecular formula is C15H15N5O2. The Kier molecular flexibility index (Phi) is 4.24. The summed E-state index contributed by atoms with van der Waals surface area (Å²) in [5, 5.41) is 7.10. The molecule has 1 N–H and O–H groups in total. The van der Waals surface area contributed by atoms with Crippen molar-refractivity contribution in [3.05, 3.63) is 48.6 Å². The molecule has 7 nitrogen and oxygen atoms in total. The predicted molar refractivity (Wildman–Crippen MR) is 80.3 cm³/mol. The van der Waals surface area contributed by atoms with Gasteiger partial charge in [0.2, 0.25) is 11.8 Å². The highest BCUT2D eigenvalue weighted by Crippen LogP contribution is 2.18. The van der Waals surface area contributed by atoms with Crippen molar-refractivity contribution in [3.8, 4) is 17.1 Å². The Labute approximate surface area is 127 Å². The summed E-state index contributed by atoms with van der Waals surface area (Å²) in [5.41, 5.74) is 1.65. The lowest BCUT2D eigenvalue weighted by Crippen LogP contribution is -2.04. The normalized spacial score (nSPS) is 10.4. The van der Waals surface area contributed by atoms with Gasteiger partial charge in [0.25, 0.3) is 0 Å². The van der Waals surface area contributed by atoms with Crippen molar-refractivity contribution >= 4 is 5.95 Å². The second-order valence-corrected chi connectivity index (χ2v) is 4.43. The molecule has 0 aromatic carbocycles. The highest BCUT2D eigenvalue weighted by Gasteiger charge is 2.07. The van der Waals surface area contributed by atoms with Gasteiger partial charge in [-0.2, -0.15) is 4.98 Å². The molecule has 0 saturated heterocycles. The van der Waals surface area contributed by atoms with E-state index in [4.69, 9.17) is 9.26 Å². The van der Waals surface area contributed by atoms with Crippen molar-refractivity contribution in [2.75, 3.05) is 11.9 Å². The first kappa shape index (κ1) is 14.0. The van der Waals surface area contributed by atoms with Crippen LogP contribution in [0.1, 0.15) is 12.7 Å². The van der Waals surface area contributed by atoms with Gasteiger partial charge in [-0.05, 0) is 19.1 Å². The Balaban J connectivity index is 1.65. The van der Waals surface area contributed by atoms with Crippen molar-refractivity contribution in [2.45, 2.75) is 13.5 Å². The molecule has 0 aliphatic carbocycles. The molecule has 0 bridgehead atoms. The van der Waals surface area contributed by atoms with Crippen molar-refractivity contribution in [2.24, 2.45) is 0 Å². The molecule has 3 aromatic rings. The minimum Gasteiger partial charge on any atom is -0.478 e. The molecule has 112 valence electrons. The average molecular weight is 297 g/mol. The molecule has 3 heterocycles. The third-order valence-electron chi connectivity index (χ3n) is 2.86. The zero-order valence-corrected chi connectivity index (χ0v) is 12.1. The molecule has 0 aliphatic rings. The van der Waals surface area contributed by atoms with E-state index in [2.05, 4.69) is 25.4 Å². The van der Waals surface area contributed by atoms with Crippen LogP contribution in [0.3, 0.4) is 0 Å². The van der Waals surface area contributed by atoms with Gasteiger partial charge in [0, 0.05) is 36.3 Å². The van der Waals surface area contributed by atoms with E-state index in [0.717, 1.165) is 11.3 Å². The van der Waals surface area contributed by atoms with Crippen LogP contribution in [-0.4, -0.2) is 26.7 Å². The largest absolute Gasteiger partial charge is 0.478 e. The molecule has 3 aromatic heterocycles. The minimum absolute atomic E-state index is 0.433. The van der Waals surface area contributed by atoms with Gasteiger partial charge in [-0.3, -0.25) is 4.98 Å². The van der Waals surface area contributed by atoms with E-state index in [9.17, 15) is 0 Å². The van der Waals surface area contributed by atoms with Gasteiger partial charge in [-0.25, -0.2) is 4.98 Å². The summed E-state index contributed by atoms with van der Waals surface area (Å²) in [4.78, 5) is 12.4. The van der Waals surface area contributed by atoms with Crippen molar-refractivity contribution < 1.29 is 9.26 Å². The van der Waals surface area contributed by atoms with E-state index in [1.54, 1.807) is 24.7 Å². The van der Waals surface area contributed by atoms with Crippen LogP contribution in [-0.2, 0) is 6.54 Å². The Morgan fingerprint density at radius 3 is 3.05 bits per heavy atom. The van der Waals surface area contributed by atoms with E-state index < -0.39 is 0 Å². The average Bonchev–Trinajstić information content (AvgIpc) is 3.04. The molecule has 0 aliphatic heterocycles. The Bertz CT molecular complexity index is 730. The molecule has 0 amide bonds. The van der Waals surface area contributed by atoms with Gasteiger partial charge in [0.15, 0.2) is 5.76 Å². The Morgan fingerprint density at radius 2 is 2.23 bits per heavy atom. The molecule has 0 unspecified atom stereocenters. The molecule has 3 rings (SSSR count). The fourth-order valence-electron chi connectivity index (χ4n) is 1.87. The fourth-order valence-corrected chi connectivity index (χ4v) is 1.87. The molecule has 0 radical (unpaired) electrons. The van der Waals surface area contributed by atoms with Gasteiger partial charge in [0.1, 0.15) is 5.69 Å². The number of pyridine rings is 1. The van der Waals surface area contributed by atoms with Crippen LogP contribution in [0.2, 0.25) is 0 Å². The van der Waals surface area contributed by atoms with Crippen molar-refractivity contribution in [3.63, 3.8) is 0 Å². The predicted octanol–water partition coefficient (Wildman–Crippen LogP) is 2.54. The second-order valence-electron chi connectivity index (χ2n) is 4.43. The summed E-state index contributed by atoms with van der Waals surface area (Å²) in [7, 11) is 0. The Morgan fingerprint density at radius 1 is 1.27 bits per heavy atom. The summed E-state index contributed by atoms with van der Waals surface area (Å²) in [6, 6.07) is 7.35. The summed E-state index contributed by atoms with van der Waals surface area (Å²) < 4.78 is 10.6. The van der Waals surface area contributed by atoms with Crippen LogP contribution in [0.25, 0.3) is 11.3 Å². The standard InChI is InChI=1S/C15H15N5O2/c1-2-21-14-5-7-17-15(19-14)18-10-12-8-13(20-22-12)11-4-3-6-16-9-11/h3-9H,2,10H2,1H3,(H,17,18,19). The van der Waals surface area contributed by atoms with Gasteiger partial charge >= 0.3 is 0 Å². The first-order valence-electron chi connectivity index (χ1n) is 6.91. The summed E-state index contributed by atoms with van der Waals surface area (Å²) in [6.07, 6.45) is 5.10. The maximum Gasteiger partial charge on any atom is 0.226 e. The molecule has 0 spiro atoms. The first-order valence-corrected chi connectivity index (χ1v) is 6.91. The van der Waals surface area contributed by atoms with Crippen molar-refractivity contribution in [1.82, 2.24) is 20.1 Å². The molecule has 0 fully saturated rings. The number of ether oxygens (including phenoxy) is 1. The lowest BCUT2D eigenvalue weighted by molar-refractivity contribution is 0.326. The van der Waals surface area contributed by atoms with E-state index >= 15 is 0 Å². The van der Waals surface area contributed by atoms with Crippen LogP contribution in [0, 0.1) is 0 Å². The quantitative estimate of drug-likeness (QED) is 0.748. The van der Waals surface area contributed by atoms with Crippen molar-refractivity contribution in [1.29, 1.82) is 0 Å². The summed E-state index contributed by atoms with van der Waals surface area (Å²) in [6.45, 7) is 2.90. The lowest BCUT2D eigenvalue weighted by Gasteiger charge is -2.04. The third-order valence-corrected chi connectivity index (χ3v) is 2.86. The van der Waals surface area contributed by atoms with E-state index in [1.165, 1.54) is 0 Å². The lowest BCUT2D eigenvalue weighted by atomic mass is 10.2. The number of rotatable bonds is 6. The molecule has 0 atom stereocenters. The van der Waals surface area contributed by atoms with Crippen LogP contribution in [0.5, 0.6) is 5.88 Å². The van der Waals surface area contributed by atoms with E-state index in [1.807, 2.05) is 25.1 Å². The Hall–Kier alpha value is -2.96. The topological polar surface area (TPSA) is 86.0 Å². The minimum atomic E-state index is 0.433. The van der Waals surface area contributed by atoms with Gasteiger partial charge < -0.3 is 14.6 Å². The SMILES string of the molecule is CCOc1ccnc(NCc2cc(-c3cccnc3)no2)n1. The summed E-state index contributed by atoms with van der Waals surface area (Å²) >= 11 is 0. The summed E-state index contributed by atoms with van der Waals surface area (Å²) in [5.74, 6) is 1.70. The first-order chi connectivity index (χ1) is 10.8. The molecule has 22 heavy (non-hydrogen) atoms. The maximum atomic E-state index is 5.33. The number of aromatic nitrogens is 4. The van der Waals surface area contributed by atoms with E-state index in [0.29, 0.717) is 30.7 Å². The maximum absolute atomic E-state index is 5.33. The highest BCUT2D eigenvalue weighted by atomic mass is 16.5. The molecular weight excluding hydrogens is 282 g/mol. The van der Waals surface area contributed by atoms with Crippen LogP contribution in [0.4, 0.5) is 5.95 Å². The third kappa shape index (κ3) is 3.38. The van der Waals surface area contributed by atoms with E-state index in [-0.39, 0.29) is 0 Å². The smallest absolute Gasteiger partial charge is 0.226 e. The zero-order chi connectivity index (χ0) is 15.2. The molecule has 0 saturated carbocycles. The number of hydrogen-bond acceptors (Lipinski definition) is 7. The van der Waals surface area contributed by atoms with Crippen LogP contribution in [0.15, 0.2) is 47.4 Å². The van der Waals surface area contributed by atoms with Gasteiger partial charge in [-0.1, -0.05) is 5.16 Å².